The van der Waals surface area contributed by atoms with Gasteiger partial charge in [-0.3, -0.25) is 4.90 Å². The van der Waals surface area contributed by atoms with Crippen LogP contribution >= 0.6 is 0 Å². The van der Waals surface area contributed by atoms with Gasteiger partial charge in [0.15, 0.2) is 5.65 Å². The van der Waals surface area contributed by atoms with E-state index in [1.807, 2.05) is 59.3 Å². The maximum absolute atomic E-state index is 11.1. The first-order valence-electron chi connectivity index (χ1n) is 12.1. The Morgan fingerprint density at radius 2 is 1.64 bits per heavy atom. The summed E-state index contributed by atoms with van der Waals surface area (Å²) in [5, 5.41) is 14.9. The topological polar surface area (TPSA) is 123 Å². The number of fused-ring (bicyclic) bond motifs is 1. The van der Waals surface area contributed by atoms with Crippen LogP contribution in [0.4, 0.5) is 10.6 Å². The molecule has 0 spiro atoms. The Balaban J connectivity index is 1.23. The van der Waals surface area contributed by atoms with E-state index in [9.17, 15) is 4.79 Å². The van der Waals surface area contributed by atoms with Crippen molar-refractivity contribution in [2.45, 2.75) is 24.9 Å². The van der Waals surface area contributed by atoms with Gasteiger partial charge in [-0.25, -0.2) is 19.4 Å². The minimum Gasteiger partial charge on any atom is -0.465 e. The molecular weight excluding hydrogens is 458 g/mol. The number of benzene rings is 2. The number of aromatic nitrogens is 4. The number of hydrogen-bond donors (Lipinski definition) is 2. The van der Waals surface area contributed by atoms with Crippen LogP contribution in [0.2, 0.25) is 0 Å². The number of amides is 1. The van der Waals surface area contributed by atoms with Crippen LogP contribution in [-0.2, 0) is 0 Å². The lowest BCUT2D eigenvalue weighted by Crippen LogP contribution is -2.61. The third-order valence-electron chi connectivity index (χ3n) is 7.12. The number of likely N-dealkylation sites (tertiary alicyclic amines) is 2. The third kappa shape index (κ3) is 4.09. The number of carbonyl (C=O) groups is 1. The number of rotatable bonds is 5. The van der Waals surface area contributed by atoms with Crippen molar-refractivity contribution in [3.8, 4) is 22.8 Å². The molecule has 4 aromatic rings. The first-order valence-corrected chi connectivity index (χ1v) is 12.1. The van der Waals surface area contributed by atoms with Gasteiger partial charge in [-0.15, -0.1) is 0 Å². The molecule has 2 fully saturated rings. The van der Waals surface area contributed by atoms with Crippen LogP contribution in [0.15, 0.2) is 60.9 Å². The summed E-state index contributed by atoms with van der Waals surface area (Å²) in [4.78, 5) is 23.7. The fourth-order valence-electron chi connectivity index (χ4n) is 5.10. The predicted octanol–water partition coefficient (Wildman–Crippen LogP) is 3.87. The van der Waals surface area contributed by atoms with Gasteiger partial charge in [0.2, 0.25) is 0 Å². The molecule has 10 heteroatoms. The Morgan fingerprint density at radius 1 is 0.944 bits per heavy atom. The maximum atomic E-state index is 11.1. The number of hydrogen-bond acceptors (Lipinski definition) is 7. The van der Waals surface area contributed by atoms with Gasteiger partial charge in [-0.2, -0.15) is 5.10 Å². The zero-order valence-corrected chi connectivity index (χ0v) is 19.7. The summed E-state index contributed by atoms with van der Waals surface area (Å²) in [5.74, 6) is 1.93. The summed E-state index contributed by atoms with van der Waals surface area (Å²) in [6.07, 6.45) is 2.47. The molecule has 0 aliphatic carbocycles. The lowest BCUT2D eigenvalue weighted by molar-refractivity contribution is 0.0203. The monoisotopic (exact) mass is 485 g/mol. The van der Waals surface area contributed by atoms with Crippen molar-refractivity contribution >= 4 is 22.9 Å². The van der Waals surface area contributed by atoms with E-state index in [-0.39, 0.29) is 6.04 Å². The summed E-state index contributed by atoms with van der Waals surface area (Å²) in [6.45, 7) is 2.96. The van der Waals surface area contributed by atoms with Crippen LogP contribution in [0.5, 0.6) is 11.5 Å². The molecule has 2 aromatic heterocycles. The molecule has 184 valence electrons. The molecule has 10 nitrogen and oxygen atoms in total. The van der Waals surface area contributed by atoms with Crippen molar-refractivity contribution in [1.82, 2.24) is 29.5 Å². The smallest absolute Gasteiger partial charge is 0.407 e. The first kappa shape index (κ1) is 22.3. The number of nitrogen functional groups attached to an aromatic ring is 1. The third-order valence-corrected chi connectivity index (χ3v) is 7.12. The average Bonchev–Trinajstić information content (AvgIpc) is 3.26. The maximum Gasteiger partial charge on any atom is 0.407 e. The summed E-state index contributed by atoms with van der Waals surface area (Å²) in [7, 11) is 0. The summed E-state index contributed by atoms with van der Waals surface area (Å²) < 4.78 is 7.93. The van der Waals surface area contributed by atoms with E-state index in [1.165, 1.54) is 11.2 Å². The Morgan fingerprint density at radius 3 is 2.33 bits per heavy atom. The van der Waals surface area contributed by atoms with Gasteiger partial charge in [-0.05, 0) is 49.2 Å². The molecule has 2 saturated heterocycles. The minimum absolute atomic E-state index is 0.183. The van der Waals surface area contributed by atoms with Gasteiger partial charge in [0, 0.05) is 37.8 Å². The second kappa shape index (κ2) is 9.12. The van der Waals surface area contributed by atoms with Crippen LogP contribution in [0, 0.1) is 0 Å². The quantitative estimate of drug-likeness (QED) is 0.437. The van der Waals surface area contributed by atoms with Gasteiger partial charge in [0.05, 0.1) is 11.4 Å². The fraction of sp³-hybridized carbons (Fsp3) is 0.308. The predicted molar refractivity (Wildman–Crippen MR) is 135 cm³/mol. The van der Waals surface area contributed by atoms with Crippen molar-refractivity contribution in [1.29, 1.82) is 0 Å². The molecule has 2 aliphatic heterocycles. The number of nitrogens with two attached hydrogens (primary N) is 1. The zero-order valence-electron chi connectivity index (χ0n) is 19.7. The van der Waals surface area contributed by atoms with Crippen LogP contribution in [-0.4, -0.2) is 73.0 Å². The molecule has 4 heterocycles. The Kier molecular flexibility index (Phi) is 5.65. The molecule has 0 bridgehead atoms. The molecule has 36 heavy (non-hydrogen) atoms. The van der Waals surface area contributed by atoms with Gasteiger partial charge in [-0.1, -0.05) is 18.2 Å². The highest BCUT2D eigenvalue weighted by atomic mass is 16.5. The molecule has 0 atom stereocenters. The van der Waals surface area contributed by atoms with Crippen LogP contribution in [0.1, 0.15) is 18.9 Å². The van der Waals surface area contributed by atoms with E-state index >= 15 is 0 Å². The molecule has 2 aliphatic rings. The molecular formula is C26H27N7O3. The van der Waals surface area contributed by atoms with Crippen molar-refractivity contribution in [2.24, 2.45) is 0 Å². The van der Waals surface area contributed by atoms with Crippen molar-refractivity contribution in [2.75, 3.05) is 31.9 Å². The van der Waals surface area contributed by atoms with E-state index in [4.69, 9.17) is 20.7 Å². The molecule has 3 N–H and O–H groups in total. The van der Waals surface area contributed by atoms with E-state index in [2.05, 4.69) is 14.9 Å². The SMILES string of the molecule is Nc1ncnc2c1c(-c1ccc(Oc3ccccc3)cc1)nn2C1CCN(C2CN(C(=O)O)C2)CC1. The Bertz CT molecular complexity index is 1380. The number of piperidine rings is 1. The zero-order chi connectivity index (χ0) is 24.6. The van der Waals surface area contributed by atoms with Gasteiger partial charge in [0.25, 0.3) is 0 Å². The molecule has 0 unspecified atom stereocenters. The van der Waals surface area contributed by atoms with Crippen LogP contribution in [0.3, 0.4) is 0 Å². The second-order valence-corrected chi connectivity index (χ2v) is 9.30. The number of para-hydroxylation sites is 1. The molecule has 6 rings (SSSR count). The average molecular weight is 486 g/mol. The van der Waals surface area contributed by atoms with Gasteiger partial charge in [0.1, 0.15) is 29.3 Å². The minimum atomic E-state index is -0.839. The molecule has 2 aromatic carbocycles. The summed E-state index contributed by atoms with van der Waals surface area (Å²) in [5.41, 5.74) is 8.72. The number of ether oxygens (including phenoxy) is 1. The fourth-order valence-corrected chi connectivity index (χ4v) is 5.10. The van der Waals surface area contributed by atoms with Gasteiger partial charge < -0.3 is 20.5 Å². The Hall–Kier alpha value is -4.18. The van der Waals surface area contributed by atoms with Crippen LogP contribution < -0.4 is 10.5 Å². The highest BCUT2D eigenvalue weighted by molar-refractivity contribution is 5.98. The van der Waals surface area contributed by atoms with E-state index < -0.39 is 6.09 Å². The summed E-state index contributed by atoms with van der Waals surface area (Å²) >= 11 is 0. The van der Waals surface area contributed by atoms with Crippen molar-refractivity contribution < 1.29 is 14.6 Å². The van der Waals surface area contributed by atoms with Crippen LogP contribution in [0.25, 0.3) is 22.3 Å². The first-order chi connectivity index (χ1) is 17.6. The standard InChI is InChI=1S/C26H27N7O3/c27-24-22-23(17-6-8-21(9-7-17)36-20-4-2-1-3-5-20)30-33(25(22)29-16-28-24)18-10-12-31(13-11-18)19-14-32(15-19)26(34)35/h1-9,16,18-19H,10-15H2,(H,34,35)(H2,27,28,29). The Labute approximate surface area is 207 Å². The van der Waals surface area contributed by atoms with Crippen molar-refractivity contribution in [3.63, 3.8) is 0 Å². The number of carboxylic acid groups (broad SMARTS) is 1. The molecule has 0 saturated carbocycles. The lowest BCUT2D eigenvalue weighted by Gasteiger charge is -2.46. The van der Waals surface area contributed by atoms with Gasteiger partial charge >= 0.3 is 6.09 Å². The van der Waals surface area contributed by atoms with E-state index in [1.54, 1.807) is 0 Å². The molecule has 0 radical (unpaired) electrons. The second-order valence-electron chi connectivity index (χ2n) is 9.30. The highest BCUT2D eigenvalue weighted by Crippen LogP contribution is 2.35. The highest BCUT2D eigenvalue weighted by Gasteiger charge is 2.37. The summed E-state index contributed by atoms with van der Waals surface area (Å²) in [6, 6.07) is 17.9. The van der Waals surface area contributed by atoms with E-state index in [0.717, 1.165) is 59.7 Å². The largest absolute Gasteiger partial charge is 0.465 e. The number of nitrogens with zero attached hydrogens (tertiary/aromatic N) is 6. The number of anilines is 1. The van der Waals surface area contributed by atoms with E-state index in [0.29, 0.717) is 24.9 Å². The lowest BCUT2D eigenvalue weighted by atomic mass is 10.00. The molecule has 1 amide bonds. The normalized spacial score (nSPS) is 17.3. The van der Waals surface area contributed by atoms with Crippen molar-refractivity contribution in [3.05, 3.63) is 60.9 Å².